The van der Waals surface area contributed by atoms with Crippen LogP contribution in [0.3, 0.4) is 0 Å². The molecule has 0 fully saturated rings. The maximum Gasteiger partial charge on any atom is 0.256 e. The number of benzene rings is 2. The van der Waals surface area contributed by atoms with Gasteiger partial charge in [-0.05, 0) is 29.8 Å². The molecule has 3 rings (SSSR count). The van der Waals surface area contributed by atoms with Gasteiger partial charge in [0.25, 0.3) is 5.91 Å². The Morgan fingerprint density at radius 2 is 1.92 bits per heavy atom. The van der Waals surface area contributed by atoms with Crippen molar-refractivity contribution in [2.45, 2.75) is 30.5 Å². The van der Waals surface area contributed by atoms with Crippen molar-refractivity contribution in [1.29, 1.82) is 0 Å². The molecule has 25 heavy (non-hydrogen) atoms. The Bertz CT molecular complexity index is 829. The van der Waals surface area contributed by atoms with Crippen molar-refractivity contribution in [1.82, 2.24) is 14.8 Å². The van der Waals surface area contributed by atoms with E-state index in [-0.39, 0.29) is 5.91 Å². The monoisotopic (exact) mass is 352 g/mol. The summed E-state index contributed by atoms with van der Waals surface area (Å²) >= 11 is 1.69. The fourth-order valence-electron chi connectivity index (χ4n) is 2.40. The van der Waals surface area contributed by atoms with Crippen LogP contribution in [0.4, 0.5) is 5.69 Å². The first-order valence-corrected chi connectivity index (χ1v) is 8.98. The maximum atomic E-state index is 12.6. The number of hydrogen-bond acceptors (Lipinski definition) is 4. The van der Waals surface area contributed by atoms with Crippen LogP contribution in [0.2, 0.25) is 0 Å². The minimum absolute atomic E-state index is 0.0900. The third kappa shape index (κ3) is 4.70. The minimum Gasteiger partial charge on any atom is -0.322 e. The molecule has 1 N–H and O–H groups in total. The zero-order valence-corrected chi connectivity index (χ0v) is 15.0. The highest BCUT2D eigenvalue weighted by molar-refractivity contribution is 8.00. The predicted octanol–water partition coefficient (Wildman–Crippen LogP) is 4.08. The van der Waals surface area contributed by atoms with E-state index in [0.717, 1.165) is 16.1 Å². The Balaban J connectivity index is 1.69. The van der Waals surface area contributed by atoms with E-state index in [4.69, 9.17) is 0 Å². The highest BCUT2D eigenvalue weighted by atomic mass is 32.2. The average Bonchev–Trinajstić information content (AvgIpc) is 3.09. The average molecular weight is 352 g/mol. The molecule has 6 heteroatoms. The summed E-state index contributed by atoms with van der Waals surface area (Å²) in [4.78, 5) is 17.5. The van der Waals surface area contributed by atoms with Crippen molar-refractivity contribution in [3.63, 3.8) is 0 Å². The molecule has 5 nitrogen and oxygen atoms in total. The van der Waals surface area contributed by atoms with Crippen molar-refractivity contribution >= 4 is 23.4 Å². The second kappa shape index (κ2) is 7.98. The first kappa shape index (κ1) is 17.2. The van der Waals surface area contributed by atoms with Gasteiger partial charge in [0.15, 0.2) is 0 Å². The highest BCUT2D eigenvalue weighted by Gasteiger charge is 2.12. The molecule has 3 aromatic rings. The number of thioether (sulfide) groups is 1. The zero-order chi connectivity index (χ0) is 17.6. The van der Waals surface area contributed by atoms with Crippen LogP contribution in [0.5, 0.6) is 0 Å². The van der Waals surface area contributed by atoms with Gasteiger partial charge in [-0.2, -0.15) is 5.10 Å². The van der Waals surface area contributed by atoms with Crippen molar-refractivity contribution in [2.75, 3.05) is 5.32 Å². The third-order valence-electron chi connectivity index (χ3n) is 3.52. The Morgan fingerprint density at radius 3 is 2.60 bits per heavy atom. The molecule has 128 valence electrons. The molecule has 0 aliphatic heterocycles. The van der Waals surface area contributed by atoms with Gasteiger partial charge in [0.1, 0.15) is 12.7 Å². The van der Waals surface area contributed by atoms with E-state index in [1.165, 1.54) is 6.33 Å². The summed E-state index contributed by atoms with van der Waals surface area (Å²) in [6, 6.07) is 15.5. The van der Waals surface area contributed by atoms with E-state index in [9.17, 15) is 4.79 Å². The quantitative estimate of drug-likeness (QED) is 0.679. The highest BCUT2D eigenvalue weighted by Crippen LogP contribution is 2.27. The molecule has 0 aliphatic carbocycles. The van der Waals surface area contributed by atoms with Crippen molar-refractivity contribution in [3.8, 4) is 0 Å². The lowest BCUT2D eigenvalue weighted by Gasteiger charge is -2.12. The summed E-state index contributed by atoms with van der Waals surface area (Å²) in [5.41, 5.74) is 2.57. The summed E-state index contributed by atoms with van der Waals surface area (Å²) < 4.78 is 1.76. The molecule has 0 saturated heterocycles. The van der Waals surface area contributed by atoms with Crippen LogP contribution < -0.4 is 5.32 Å². The molecule has 0 spiro atoms. The van der Waals surface area contributed by atoms with Crippen molar-refractivity contribution in [3.05, 3.63) is 72.3 Å². The number of rotatable bonds is 6. The lowest BCUT2D eigenvalue weighted by Crippen LogP contribution is -2.13. The van der Waals surface area contributed by atoms with E-state index in [0.29, 0.717) is 17.4 Å². The normalized spacial score (nSPS) is 10.8. The number of aromatic nitrogens is 3. The van der Waals surface area contributed by atoms with E-state index in [1.807, 2.05) is 48.5 Å². The van der Waals surface area contributed by atoms with Crippen LogP contribution in [0.1, 0.15) is 29.8 Å². The van der Waals surface area contributed by atoms with E-state index >= 15 is 0 Å². The second-order valence-corrected chi connectivity index (χ2v) is 7.53. The van der Waals surface area contributed by atoms with Crippen molar-refractivity contribution < 1.29 is 4.79 Å². The summed E-state index contributed by atoms with van der Waals surface area (Å²) in [5.74, 6) is -0.0900. The lowest BCUT2D eigenvalue weighted by atomic mass is 10.2. The standard InChI is InChI=1S/C19H20N4OS/c1-14(2)25-18-6-4-3-5-17(18)19(24)22-16-9-7-15(8-10-16)11-23-13-20-12-21-23/h3-10,12-14H,11H2,1-2H3,(H,22,24). The smallest absolute Gasteiger partial charge is 0.256 e. The molecule has 0 unspecified atom stereocenters. The van der Waals surface area contributed by atoms with Gasteiger partial charge < -0.3 is 5.32 Å². The molecule has 0 radical (unpaired) electrons. The number of nitrogens with one attached hydrogen (secondary N) is 1. The van der Waals surface area contributed by atoms with Crippen LogP contribution >= 0.6 is 11.8 Å². The predicted molar refractivity (Wildman–Crippen MR) is 101 cm³/mol. The van der Waals surface area contributed by atoms with Gasteiger partial charge in [-0.25, -0.2) is 9.67 Å². The van der Waals surface area contributed by atoms with Gasteiger partial charge in [-0.3, -0.25) is 4.79 Å². The molecule has 0 bridgehead atoms. The van der Waals surface area contributed by atoms with E-state index in [1.54, 1.807) is 22.8 Å². The molecule has 0 aliphatic rings. The van der Waals surface area contributed by atoms with Gasteiger partial charge in [-0.15, -0.1) is 11.8 Å². The maximum absolute atomic E-state index is 12.6. The first-order chi connectivity index (χ1) is 12.1. The van der Waals surface area contributed by atoms with Gasteiger partial charge >= 0.3 is 0 Å². The Hall–Kier alpha value is -2.60. The number of anilines is 1. The fourth-order valence-corrected chi connectivity index (χ4v) is 3.36. The Labute approximate surface area is 151 Å². The number of carbonyl (C=O) groups is 1. The molecule has 1 amide bonds. The molecule has 1 heterocycles. The van der Waals surface area contributed by atoms with Gasteiger partial charge in [0, 0.05) is 15.8 Å². The first-order valence-electron chi connectivity index (χ1n) is 8.10. The molecular formula is C19H20N4OS. The number of hydrogen-bond donors (Lipinski definition) is 1. The van der Waals surface area contributed by atoms with Crippen LogP contribution in [-0.4, -0.2) is 25.9 Å². The van der Waals surface area contributed by atoms with Crippen molar-refractivity contribution in [2.24, 2.45) is 0 Å². The minimum atomic E-state index is -0.0900. The largest absolute Gasteiger partial charge is 0.322 e. The molecular weight excluding hydrogens is 332 g/mol. The summed E-state index contributed by atoms with van der Waals surface area (Å²) in [5, 5.41) is 7.48. The molecule has 0 saturated carbocycles. The van der Waals surface area contributed by atoms with E-state index < -0.39 is 0 Å². The second-order valence-electron chi connectivity index (χ2n) is 5.91. The molecule has 0 atom stereocenters. The third-order valence-corrected chi connectivity index (χ3v) is 4.60. The van der Waals surface area contributed by atoms with Crippen LogP contribution in [-0.2, 0) is 6.54 Å². The summed E-state index contributed by atoms with van der Waals surface area (Å²) in [6.07, 6.45) is 3.19. The van der Waals surface area contributed by atoms with Gasteiger partial charge in [0.2, 0.25) is 0 Å². The molecule has 1 aromatic heterocycles. The lowest BCUT2D eigenvalue weighted by molar-refractivity contribution is 0.102. The Morgan fingerprint density at radius 1 is 1.16 bits per heavy atom. The van der Waals surface area contributed by atoms with Crippen LogP contribution in [0.15, 0.2) is 66.1 Å². The Kier molecular flexibility index (Phi) is 5.50. The number of amides is 1. The van der Waals surface area contributed by atoms with E-state index in [2.05, 4.69) is 29.2 Å². The van der Waals surface area contributed by atoms with Gasteiger partial charge in [-0.1, -0.05) is 38.1 Å². The van der Waals surface area contributed by atoms with Crippen LogP contribution in [0.25, 0.3) is 0 Å². The zero-order valence-electron chi connectivity index (χ0n) is 14.2. The summed E-state index contributed by atoms with van der Waals surface area (Å²) in [6.45, 7) is 4.89. The van der Waals surface area contributed by atoms with Crippen LogP contribution in [0, 0.1) is 0 Å². The SMILES string of the molecule is CC(C)Sc1ccccc1C(=O)Nc1ccc(Cn2cncn2)cc1. The number of nitrogens with zero attached hydrogens (tertiary/aromatic N) is 3. The molecule has 2 aromatic carbocycles. The topological polar surface area (TPSA) is 59.8 Å². The van der Waals surface area contributed by atoms with Gasteiger partial charge in [0.05, 0.1) is 12.1 Å². The summed E-state index contributed by atoms with van der Waals surface area (Å²) in [7, 11) is 0. The number of carbonyl (C=O) groups excluding carboxylic acids is 1. The fraction of sp³-hybridized carbons (Fsp3) is 0.211.